The molecule has 0 saturated carbocycles. The number of carbonyl (C=O) groups is 1. The van der Waals surface area contributed by atoms with Gasteiger partial charge in [0.2, 0.25) is 0 Å². The fraction of sp³-hybridized carbons (Fsp3) is 0. The van der Waals surface area contributed by atoms with Gasteiger partial charge in [-0.25, -0.2) is 4.98 Å². The van der Waals surface area contributed by atoms with Gasteiger partial charge in [0.05, 0.1) is 5.56 Å². The van der Waals surface area contributed by atoms with Crippen molar-refractivity contribution >= 4 is 39.1 Å². The third kappa shape index (κ3) is 3.28. The quantitative estimate of drug-likeness (QED) is 0.858. The van der Waals surface area contributed by atoms with Crippen LogP contribution in [0.5, 0.6) is 0 Å². The molecule has 0 aliphatic rings. The maximum absolute atomic E-state index is 11.8. The molecule has 1 aromatic carbocycles. The first-order chi connectivity index (χ1) is 8.15. The zero-order chi connectivity index (χ0) is 12.3. The molecule has 2 rings (SSSR count). The number of amides is 1. The van der Waals surface area contributed by atoms with Crippen LogP contribution in [-0.2, 0) is 0 Å². The van der Waals surface area contributed by atoms with Gasteiger partial charge >= 0.3 is 0 Å². The number of anilines is 1. The van der Waals surface area contributed by atoms with Crippen molar-refractivity contribution in [2.75, 3.05) is 5.32 Å². The third-order valence-electron chi connectivity index (χ3n) is 2.07. The number of aromatic nitrogens is 1. The second-order valence-electron chi connectivity index (χ2n) is 3.33. The fourth-order valence-electron chi connectivity index (χ4n) is 1.28. The highest BCUT2D eigenvalue weighted by atomic mass is 79.9. The van der Waals surface area contributed by atoms with Crippen LogP contribution in [0.4, 0.5) is 5.69 Å². The van der Waals surface area contributed by atoms with Gasteiger partial charge in [0.15, 0.2) is 0 Å². The summed E-state index contributed by atoms with van der Waals surface area (Å²) in [5, 5.41) is 3.32. The first-order valence-corrected chi connectivity index (χ1v) is 6.01. The van der Waals surface area contributed by atoms with E-state index in [1.54, 1.807) is 36.4 Å². The number of hydrogen-bond acceptors (Lipinski definition) is 2. The summed E-state index contributed by atoms with van der Waals surface area (Å²) in [4.78, 5) is 15.8. The summed E-state index contributed by atoms with van der Waals surface area (Å²) in [5.74, 6) is -0.215. The Bertz CT molecular complexity index is 542. The number of benzene rings is 1. The molecule has 0 saturated heterocycles. The molecule has 5 heteroatoms. The van der Waals surface area contributed by atoms with Crippen LogP contribution in [0.25, 0.3) is 0 Å². The van der Waals surface area contributed by atoms with Gasteiger partial charge < -0.3 is 5.32 Å². The smallest absolute Gasteiger partial charge is 0.257 e. The molecule has 2 aromatic rings. The Morgan fingerprint density at radius 2 is 2.12 bits per heavy atom. The number of carbonyl (C=O) groups excluding carboxylic acids is 1. The number of rotatable bonds is 2. The average molecular weight is 312 g/mol. The highest BCUT2D eigenvalue weighted by Gasteiger charge is 2.06. The second-order valence-corrected chi connectivity index (χ2v) is 4.58. The second kappa shape index (κ2) is 5.29. The van der Waals surface area contributed by atoms with Gasteiger partial charge in [-0.3, -0.25) is 4.79 Å². The summed E-state index contributed by atoms with van der Waals surface area (Å²) in [6.45, 7) is 0. The number of halogens is 2. The maximum Gasteiger partial charge on any atom is 0.257 e. The summed E-state index contributed by atoms with van der Waals surface area (Å²) in [6, 6.07) is 10.4. The van der Waals surface area contributed by atoms with Crippen molar-refractivity contribution in [2.45, 2.75) is 0 Å². The SMILES string of the molecule is O=C(Nc1cccc(Cl)c1)c1ccc(Br)nc1. The number of nitrogens with zero attached hydrogens (tertiary/aromatic N) is 1. The van der Waals surface area contributed by atoms with Gasteiger partial charge in [-0.15, -0.1) is 0 Å². The van der Waals surface area contributed by atoms with Crippen LogP contribution in [0, 0.1) is 0 Å². The monoisotopic (exact) mass is 310 g/mol. The van der Waals surface area contributed by atoms with Gasteiger partial charge in [0.1, 0.15) is 4.60 Å². The molecular weight excluding hydrogens is 304 g/mol. The topological polar surface area (TPSA) is 42.0 Å². The summed E-state index contributed by atoms with van der Waals surface area (Å²) in [5.41, 5.74) is 1.15. The standard InChI is InChI=1S/C12H8BrClN2O/c13-11-5-4-8(7-15-11)12(17)16-10-3-1-2-9(14)6-10/h1-7H,(H,16,17). The molecule has 0 atom stereocenters. The highest BCUT2D eigenvalue weighted by Crippen LogP contribution is 2.16. The van der Waals surface area contributed by atoms with Crippen molar-refractivity contribution in [3.63, 3.8) is 0 Å². The molecule has 1 amide bonds. The zero-order valence-corrected chi connectivity index (χ0v) is 11.0. The zero-order valence-electron chi connectivity index (χ0n) is 8.65. The van der Waals surface area contributed by atoms with E-state index in [1.165, 1.54) is 6.20 Å². The highest BCUT2D eigenvalue weighted by molar-refractivity contribution is 9.10. The predicted octanol–water partition coefficient (Wildman–Crippen LogP) is 3.75. The first-order valence-electron chi connectivity index (χ1n) is 4.83. The van der Waals surface area contributed by atoms with Crippen molar-refractivity contribution in [3.05, 3.63) is 57.8 Å². The Kier molecular flexibility index (Phi) is 3.76. The van der Waals surface area contributed by atoms with E-state index in [2.05, 4.69) is 26.2 Å². The van der Waals surface area contributed by atoms with Crippen LogP contribution in [0.1, 0.15) is 10.4 Å². The Morgan fingerprint density at radius 3 is 2.76 bits per heavy atom. The van der Waals surface area contributed by atoms with E-state index in [9.17, 15) is 4.79 Å². The normalized spacial score (nSPS) is 10.0. The summed E-state index contributed by atoms with van der Waals surface area (Å²) in [6.07, 6.45) is 1.50. The summed E-state index contributed by atoms with van der Waals surface area (Å²) >= 11 is 9.04. The number of nitrogens with one attached hydrogen (secondary N) is 1. The molecule has 3 nitrogen and oxygen atoms in total. The molecule has 0 unspecified atom stereocenters. The lowest BCUT2D eigenvalue weighted by molar-refractivity contribution is 0.102. The van der Waals surface area contributed by atoms with Crippen LogP contribution in [0.15, 0.2) is 47.2 Å². The molecule has 0 fully saturated rings. The molecule has 1 N–H and O–H groups in total. The Labute approximate surface area is 112 Å². The van der Waals surface area contributed by atoms with Gasteiger partial charge in [-0.2, -0.15) is 0 Å². The van der Waals surface area contributed by atoms with Crippen molar-refractivity contribution in [3.8, 4) is 0 Å². The Balaban J connectivity index is 2.14. The molecule has 0 radical (unpaired) electrons. The van der Waals surface area contributed by atoms with Gasteiger partial charge in [0, 0.05) is 16.9 Å². The lowest BCUT2D eigenvalue weighted by atomic mass is 10.2. The number of pyridine rings is 1. The van der Waals surface area contributed by atoms with Crippen LogP contribution >= 0.6 is 27.5 Å². The van der Waals surface area contributed by atoms with E-state index in [4.69, 9.17) is 11.6 Å². The van der Waals surface area contributed by atoms with Crippen molar-refractivity contribution in [2.24, 2.45) is 0 Å². The van der Waals surface area contributed by atoms with Gasteiger partial charge in [-0.1, -0.05) is 17.7 Å². The molecule has 17 heavy (non-hydrogen) atoms. The average Bonchev–Trinajstić information content (AvgIpc) is 2.29. The van der Waals surface area contributed by atoms with Crippen LogP contribution in [0.3, 0.4) is 0 Å². The Hall–Kier alpha value is -1.39. The molecule has 0 aliphatic heterocycles. The van der Waals surface area contributed by atoms with E-state index in [0.717, 1.165) is 0 Å². The van der Waals surface area contributed by atoms with Crippen molar-refractivity contribution < 1.29 is 4.79 Å². The Morgan fingerprint density at radius 1 is 1.29 bits per heavy atom. The van der Waals surface area contributed by atoms with Crippen LogP contribution < -0.4 is 5.32 Å². The van der Waals surface area contributed by atoms with Crippen molar-refractivity contribution in [1.29, 1.82) is 0 Å². The van der Waals surface area contributed by atoms with E-state index >= 15 is 0 Å². The third-order valence-corrected chi connectivity index (χ3v) is 2.78. The minimum absolute atomic E-state index is 0.215. The molecule has 0 bridgehead atoms. The minimum Gasteiger partial charge on any atom is -0.322 e. The fourth-order valence-corrected chi connectivity index (χ4v) is 1.70. The summed E-state index contributed by atoms with van der Waals surface area (Å²) in [7, 11) is 0. The van der Waals surface area contributed by atoms with Crippen molar-refractivity contribution in [1.82, 2.24) is 4.98 Å². The molecule has 1 aromatic heterocycles. The van der Waals surface area contributed by atoms with E-state index in [1.807, 2.05) is 0 Å². The lowest BCUT2D eigenvalue weighted by Crippen LogP contribution is -2.11. The molecule has 86 valence electrons. The van der Waals surface area contributed by atoms with Gasteiger partial charge in [-0.05, 0) is 46.3 Å². The van der Waals surface area contributed by atoms with E-state index in [0.29, 0.717) is 20.9 Å². The first kappa shape index (κ1) is 12.1. The molecule has 0 spiro atoms. The maximum atomic E-state index is 11.8. The molecule has 0 aliphatic carbocycles. The van der Waals surface area contributed by atoms with E-state index < -0.39 is 0 Å². The predicted molar refractivity (Wildman–Crippen MR) is 71.3 cm³/mol. The summed E-state index contributed by atoms with van der Waals surface area (Å²) < 4.78 is 0.691. The largest absolute Gasteiger partial charge is 0.322 e. The molecular formula is C12H8BrClN2O. The lowest BCUT2D eigenvalue weighted by Gasteiger charge is -2.05. The minimum atomic E-state index is -0.215. The van der Waals surface area contributed by atoms with Gasteiger partial charge in [0.25, 0.3) is 5.91 Å². The molecule has 1 heterocycles. The van der Waals surface area contributed by atoms with Crippen LogP contribution in [0.2, 0.25) is 5.02 Å². The van der Waals surface area contributed by atoms with Crippen LogP contribution in [-0.4, -0.2) is 10.9 Å². The van der Waals surface area contributed by atoms with E-state index in [-0.39, 0.29) is 5.91 Å². The number of hydrogen-bond donors (Lipinski definition) is 1.